The molecule has 0 bridgehead atoms. The molecule has 8 heteroatoms. The number of rotatable bonds is 3. The van der Waals surface area contributed by atoms with Gasteiger partial charge in [-0.15, -0.1) is 5.10 Å². The van der Waals surface area contributed by atoms with Crippen LogP contribution in [0.3, 0.4) is 0 Å². The van der Waals surface area contributed by atoms with Gasteiger partial charge in [0.15, 0.2) is 0 Å². The molecule has 0 fully saturated rings. The SMILES string of the molecule is CC(/C=N\NC(=N)N)=NN=C(N)N. The standard InChI is InChI=1S/C5H12N8/c1-3(11-13-5(8)9)2-10-12-4(6)7/h2H,1H3,(H4,6,7,12)(H4,8,9,13)/b10-2-,11-3?. The highest BCUT2D eigenvalue weighted by Gasteiger charge is 1.84. The van der Waals surface area contributed by atoms with Crippen LogP contribution in [0.15, 0.2) is 15.3 Å². The van der Waals surface area contributed by atoms with E-state index in [1.54, 1.807) is 6.92 Å². The first-order valence-corrected chi connectivity index (χ1v) is 3.28. The van der Waals surface area contributed by atoms with E-state index < -0.39 is 0 Å². The molecule has 8 N–H and O–H groups in total. The summed E-state index contributed by atoms with van der Waals surface area (Å²) in [6, 6.07) is 0. The molecule has 13 heavy (non-hydrogen) atoms. The molecule has 0 aliphatic carbocycles. The normalized spacial score (nSPS) is 11.3. The number of nitrogens with zero attached hydrogens (tertiary/aromatic N) is 3. The van der Waals surface area contributed by atoms with E-state index >= 15 is 0 Å². The fourth-order valence-electron chi connectivity index (χ4n) is 0.358. The topological polar surface area (TPSA) is 151 Å². The van der Waals surface area contributed by atoms with Crippen LogP contribution in [0.25, 0.3) is 0 Å². The van der Waals surface area contributed by atoms with Gasteiger partial charge in [0.05, 0.1) is 11.9 Å². The summed E-state index contributed by atoms with van der Waals surface area (Å²) in [5.74, 6) is -0.391. The molecule has 0 saturated heterocycles. The van der Waals surface area contributed by atoms with Gasteiger partial charge >= 0.3 is 0 Å². The Morgan fingerprint density at radius 1 is 1.31 bits per heavy atom. The van der Waals surface area contributed by atoms with E-state index in [1.165, 1.54) is 6.21 Å². The molecule has 0 radical (unpaired) electrons. The maximum Gasteiger partial charge on any atom is 0.211 e. The van der Waals surface area contributed by atoms with Crippen molar-refractivity contribution in [1.82, 2.24) is 5.43 Å². The van der Waals surface area contributed by atoms with Gasteiger partial charge in [0.2, 0.25) is 11.9 Å². The van der Waals surface area contributed by atoms with Crippen molar-refractivity contribution in [3.8, 4) is 0 Å². The molecule has 0 rings (SSSR count). The second-order valence-corrected chi connectivity index (χ2v) is 2.05. The van der Waals surface area contributed by atoms with Crippen LogP contribution in [-0.2, 0) is 0 Å². The lowest BCUT2D eigenvalue weighted by atomic mass is 10.5. The molecule has 0 aromatic heterocycles. The highest BCUT2D eigenvalue weighted by molar-refractivity contribution is 6.29. The van der Waals surface area contributed by atoms with Crippen molar-refractivity contribution in [1.29, 1.82) is 5.41 Å². The van der Waals surface area contributed by atoms with E-state index in [0.29, 0.717) is 5.71 Å². The fourth-order valence-corrected chi connectivity index (χ4v) is 0.358. The average Bonchev–Trinajstić information content (AvgIpc) is 2.00. The molecule has 0 unspecified atom stereocenters. The third-order valence-corrected chi connectivity index (χ3v) is 0.760. The Morgan fingerprint density at radius 3 is 2.38 bits per heavy atom. The van der Waals surface area contributed by atoms with Crippen molar-refractivity contribution in [2.75, 3.05) is 0 Å². The Balaban J connectivity index is 4.06. The van der Waals surface area contributed by atoms with Crippen LogP contribution in [0.1, 0.15) is 6.92 Å². The van der Waals surface area contributed by atoms with Gasteiger partial charge in [-0.05, 0) is 6.92 Å². The van der Waals surface area contributed by atoms with Crippen molar-refractivity contribution in [3.05, 3.63) is 0 Å². The number of hydrogen-bond acceptors (Lipinski definition) is 4. The van der Waals surface area contributed by atoms with Crippen molar-refractivity contribution in [3.63, 3.8) is 0 Å². The van der Waals surface area contributed by atoms with E-state index in [9.17, 15) is 0 Å². The first kappa shape index (κ1) is 10.9. The van der Waals surface area contributed by atoms with Gasteiger partial charge in [-0.3, -0.25) is 5.41 Å². The van der Waals surface area contributed by atoms with Crippen LogP contribution < -0.4 is 22.6 Å². The van der Waals surface area contributed by atoms with E-state index in [0.717, 1.165) is 0 Å². The molecule has 0 spiro atoms. The molecule has 72 valence electrons. The summed E-state index contributed by atoms with van der Waals surface area (Å²) in [5, 5.41) is 17.2. The van der Waals surface area contributed by atoms with Gasteiger partial charge in [0.1, 0.15) is 0 Å². The van der Waals surface area contributed by atoms with Crippen molar-refractivity contribution in [2.24, 2.45) is 32.5 Å². The highest BCUT2D eigenvalue weighted by Crippen LogP contribution is 1.74. The summed E-state index contributed by atoms with van der Waals surface area (Å²) in [5.41, 5.74) is 17.7. The second kappa shape index (κ2) is 5.52. The van der Waals surface area contributed by atoms with E-state index in [-0.39, 0.29) is 11.9 Å². The van der Waals surface area contributed by atoms with Gasteiger partial charge in [0.25, 0.3) is 0 Å². The van der Waals surface area contributed by atoms with E-state index in [1.807, 2.05) is 0 Å². The molecular formula is C5H12N8. The Kier molecular flexibility index (Phi) is 4.62. The predicted octanol–water partition coefficient (Wildman–Crippen LogP) is -1.90. The molecule has 0 aliphatic rings. The summed E-state index contributed by atoms with van der Waals surface area (Å²) >= 11 is 0. The maximum absolute atomic E-state index is 6.75. The smallest absolute Gasteiger partial charge is 0.211 e. The van der Waals surface area contributed by atoms with Crippen molar-refractivity contribution in [2.45, 2.75) is 6.92 Å². The lowest BCUT2D eigenvalue weighted by molar-refractivity contribution is 1.00. The minimum absolute atomic E-state index is 0.132. The molecule has 0 saturated carbocycles. The summed E-state index contributed by atoms with van der Waals surface area (Å²) in [4.78, 5) is 0. The maximum atomic E-state index is 6.75. The number of nitrogens with two attached hydrogens (primary N) is 3. The second-order valence-electron chi connectivity index (χ2n) is 2.05. The Morgan fingerprint density at radius 2 is 1.92 bits per heavy atom. The number of guanidine groups is 2. The Labute approximate surface area is 75.1 Å². The predicted molar refractivity (Wildman–Crippen MR) is 52.5 cm³/mol. The van der Waals surface area contributed by atoms with Gasteiger partial charge in [0, 0.05) is 0 Å². The lowest BCUT2D eigenvalue weighted by Gasteiger charge is -1.92. The van der Waals surface area contributed by atoms with Crippen molar-refractivity contribution < 1.29 is 0 Å². The van der Waals surface area contributed by atoms with Crippen LogP contribution in [-0.4, -0.2) is 23.8 Å². The largest absolute Gasteiger partial charge is 0.369 e. The molecule has 8 nitrogen and oxygen atoms in total. The minimum Gasteiger partial charge on any atom is -0.369 e. The van der Waals surface area contributed by atoms with Crippen molar-refractivity contribution >= 4 is 23.8 Å². The van der Waals surface area contributed by atoms with E-state index in [2.05, 4.69) is 20.7 Å². The zero-order valence-electron chi connectivity index (χ0n) is 7.15. The lowest BCUT2D eigenvalue weighted by Crippen LogP contribution is -2.25. The minimum atomic E-state index is -0.258. The van der Waals surface area contributed by atoms with Crippen LogP contribution >= 0.6 is 0 Å². The Hall–Kier alpha value is -2.12. The summed E-state index contributed by atoms with van der Waals surface area (Å²) < 4.78 is 0. The highest BCUT2D eigenvalue weighted by atomic mass is 15.3. The van der Waals surface area contributed by atoms with Crippen LogP contribution in [0.5, 0.6) is 0 Å². The third kappa shape index (κ3) is 7.78. The average molecular weight is 184 g/mol. The number of hydrogen-bond donors (Lipinski definition) is 5. The zero-order chi connectivity index (χ0) is 10.3. The quantitative estimate of drug-likeness (QED) is 0.198. The van der Waals surface area contributed by atoms with Gasteiger partial charge in [-0.2, -0.15) is 10.2 Å². The van der Waals surface area contributed by atoms with Gasteiger partial charge in [-0.1, -0.05) is 0 Å². The molecule has 0 amide bonds. The number of nitrogens with one attached hydrogen (secondary N) is 2. The summed E-state index contributed by atoms with van der Waals surface area (Å²) in [6.07, 6.45) is 1.33. The van der Waals surface area contributed by atoms with Crippen LogP contribution in [0.4, 0.5) is 0 Å². The molecule has 0 aromatic rings. The third-order valence-electron chi connectivity index (χ3n) is 0.760. The molecule has 0 aliphatic heterocycles. The number of hydrazone groups is 1. The zero-order valence-corrected chi connectivity index (χ0v) is 7.15. The first-order valence-electron chi connectivity index (χ1n) is 3.28. The Bertz CT molecular complexity index is 258. The summed E-state index contributed by atoms with van der Waals surface area (Å²) in [7, 11) is 0. The van der Waals surface area contributed by atoms with E-state index in [4.69, 9.17) is 22.6 Å². The van der Waals surface area contributed by atoms with Gasteiger partial charge in [-0.25, -0.2) is 5.43 Å². The molecular weight excluding hydrogens is 172 g/mol. The first-order chi connectivity index (χ1) is 6.02. The molecule has 0 heterocycles. The summed E-state index contributed by atoms with van der Waals surface area (Å²) in [6.45, 7) is 1.64. The molecule has 0 aromatic carbocycles. The monoisotopic (exact) mass is 184 g/mol. The van der Waals surface area contributed by atoms with Crippen LogP contribution in [0.2, 0.25) is 0 Å². The molecule has 0 atom stereocenters. The van der Waals surface area contributed by atoms with Gasteiger partial charge < -0.3 is 17.2 Å². The van der Waals surface area contributed by atoms with Crippen LogP contribution in [0, 0.1) is 5.41 Å². The fraction of sp³-hybridized carbons (Fsp3) is 0.200.